The van der Waals surface area contributed by atoms with Crippen molar-refractivity contribution in [1.82, 2.24) is 25.1 Å². The highest BCUT2D eigenvalue weighted by molar-refractivity contribution is 6.07. The molecule has 1 aromatic heterocycles. The second-order valence-electron chi connectivity index (χ2n) is 9.99. The molecule has 4 aromatic rings. The van der Waals surface area contributed by atoms with E-state index in [4.69, 9.17) is 5.73 Å². The molecule has 0 saturated carbocycles. The number of nitrogens with two attached hydrogens (primary N) is 1. The number of rotatable bonds is 4. The molecule has 1 fully saturated rings. The van der Waals surface area contributed by atoms with Gasteiger partial charge in [0.1, 0.15) is 5.69 Å². The summed E-state index contributed by atoms with van der Waals surface area (Å²) in [7, 11) is 1.61. The number of carbonyl (C=O) groups is 3. The van der Waals surface area contributed by atoms with Gasteiger partial charge in [-0.15, -0.1) is 0 Å². The maximum Gasteiger partial charge on any atom is 0.273 e. The van der Waals surface area contributed by atoms with Gasteiger partial charge in [-0.05, 0) is 46.9 Å². The molecule has 2 aliphatic heterocycles. The van der Waals surface area contributed by atoms with Gasteiger partial charge in [0, 0.05) is 44.2 Å². The lowest BCUT2D eigenvalue weighted by Crippen LogP contribution is -2.33. The Bertz CT molecular complexity index is 1610. The number of benzene rings is 3. The smallest absolute Gasteiger partial charge is 0.273 e. The van der Waals surface area contributed by atoms with Crippen LogP contribution in [-0.2, 0) is 17.9 Å². The van der Waals surface area contributed by atoms with E-state index in [1.54, 1.807) is 29.0 Å². The van der Waals surface area contributed by atoms with Gasteiger partial charge in [-0.1, -0.05) is 48.5 Å². The lowest BCUT2D eigenvalue weighted by molar-refractivity contribution is -0.124. The third-order valence-electron chi connectivity index (χ3n) is 7.60. The predicted octanol–water partition coefficient (Wildman–Crippen LogP) is 3.24. The lowest BCUT2D eigenvalue weighted by Gasteiger charge is -2.19. The zero-order valence-corrected chi connectivity index (χ0v) is 21.6. The molecular formula is C30H28N6O3. The Balaban J connectivity index is 1.35. The summed E-state index contributed by atoms with van der Waals surface area (Å²) >= 11 is 0. The first-order valence-corrected chi connectivity index (χ1v) is 13.0. The highest BCUT2D eigenvalue weighted by Gasteiger charge is 2.32. The summed E-state index contributed by atoms with van der Waals surface area (Å²) < 4.78 is 0. The minimum atomic E-state index is -0.218. The molecule has 2 aliphatic rings. The van der Waals surface area contributed by atoms with Gasteiger partial charge in [0.2, 0.25) is 11.9 Å². The molecule has 39 heavy (non-hydrogen) atoms. The van der Waals surface area contributed by atoms with E-state index in [0.29, 0.717) is 49.1 Å². The Labute approximate surface area is 225 Å². The Kier molecular flexibility index (Phi) is 6.18. The number of hydrogen-bond donors (Lipinski definition) is 2. The lowest BCUT2D eigenvalue weighted by atomic mass is 9.97. The van der Waals surface area contributed by atoms with Crippen LogP contribution in [0.4, 0.5) is 5.95 Å². The van der Waals surface area contributed by atoms with E-state index in [0.717, 1.165) is 22.3 Å². The topological polar surface area (TPSA) is 122 Å². The number of carbonyl (C=O) groups excluding carboxylic acids is 3. The first-order chi connectivity index (χ1) is 18.9. The summed E-state index contributed by atoms with van der Waals surface area (Å²) in [6.45, 7) is 1.91. The van der Waals surface area contributed by atoms with Crippen molar-refractivity contribution in [2.45, 2.75) is 19.5 Å². The summed E-state index contributed by atoms with van der Waals surface area (Å²) in [5, 5.41) is 3.25. The highest BCUT2D eigenvalue weighted by atomic mass is 16.2. The summed E-state index contributed by atoms with van der Waals surface area (Å²) in [5.41, 5.74) is 11.1. The SMILES string of the molecule is CNC(=O)C1CCN(C(=O)c2ccccc2-c2ccc3nc(N)nc(C(=O)N4Cc5ccccc5C4)c3c2)C1. The second kappa shape index (κ2) is 9.83. The Hall–Kier alpha value is -4.79. The number of likely N-dealkylation sites (tertiary alicyclic amines) is 1. The summed E-state index contributed by atoms with van der Waals surface area (Å²) in [6.07, 6.45) is 0.633. The third-order valence-corrected chi connectivity index (χ3v) is 7.60. The van der Waals surface area contributed by atoms with E-state index in [9.17, 15) is 14.4 Å². The summed E-state index contributed by atoms with van der Waals surface area (Å²) in [4.78, 5) is 51.5. The zero-order chi connectivity index (χ0) is 27.1. The average Bonchev–Trinajstić information content (AvgIpc) is 3.63. The van der Waals surface area contributed by atoms with Crippen LogP contribution in [0.3, 0.4) is 0 Å². The Morgan fingerprint density at radius 3 is 2.36 bits per heavy atom. The number of anilines is 1. The van der Waals surface area contributed by atoms with Gasteiger partial charge >= 0.3 is 0 Å². The average molecular weight is 521 g/mol. The summed E-state index contributed by atoms with van der Waals surface area (Å²) in [5.74, 6) is -0.572. The molecule has 9 nitrogen and oxygen atoms in total. The third kappa shape index (κ3) is 4.46. The molecule has 0 bridgehead atoms. The van der Waals surface area contributed by atoms with Crippen LogP contribution in [0.5, 0.6) is 0 Å². The standard InChI is InChI=1S/C30H28N6O3/c1-32-27(37)21-12-13-35(17-21)28(38)23-9-5-4-8-22(23)18-10-11-25-24(14-18)26(34-30(31)33-25)29(39)36-15-19-6-2-3-7-20(19)16-36/h2-11,14,21H,12-13,15-17H2,1H3,(H,32,37)(H2,31,33,34). The van der Waals surface area contributed by atoms with Gasteiger partial charge in [0.15, 0.2) is 0 Å². The number of nitrogens with one attached hydrogen (secondary N) is 1. The molecule has 3 N–H and O–H groups in total. The quantitative estimate of drug-likeness (QED) is 0.426. The molecule has 1 unspecified atom stereocenters. The van der Waals surface area contributed by atoms with Crippen LogP contribution in [0.15, 0.2) is 66.7 Å². The number of hydrogen-bond acceptors (Lipinski definition) is 6. The van der Waals surface area contributed by atoms with Crippen molar-refractivity contribution in [3.63, 3.8) is 0 Å². The normalized spacial score (nSPS) is 16.4. The van der Waals surface area contributed by atoms with E-state index in [1.165, 1.54) is 0 Å². The van der Waals surface area contributed by atoms with Crippen molar-refractivity contribution < 1.29 is 14.4 Å². The predicted molar refractivity (Wildman–Crippen MR) is 147 cm³/mol. The van der Waals surface area contributed by atoms with Crippen LogP contribution in [0.25, 0.3) is 22.0 Å². The van der Waals surface area contributed by atoms with E-state index in [-0.39, 0.29) is 35.3 Å². The molecular weight excluding hydrogens is 492 g/mol. The molecule has 0 aliphatic carbocycles. The number of aromatic nitrogens is 2. The largest absolute Gasteiger partial charge is 0.368 e. The number of amides is 3. The monoisotopic (exact) mass is 520 g/mol. The molecule has 0 spiro atoms. The fourth-order valence-electron chi connectivity index (χ4n) is 5.56. The summed E-state index contributed by atoms with van der Waals surface area (Å²) in [6, 6.07) is 20.9. The van der Waals surface area contributed by atoms with Crippen LogP contribution >= 0.6 is 0 Å². The van der Waals surface area contributed by atoms with Gasteiger partial charge in [-0.25, -0.2) is 9.97 Å². The molecule has 3 aromatic carbocycles. The molecule has 1 saturated heterocycles. The van der Waals surface area contributed by atoms with Crippen molar-refractivity contribution >= 4 is 34.6 Å². The maximum absolute atomic E-state index is 13.7. The van der Waals surface area contributed by atoms with E-state index in [2.05, 4.69) is 15.3 Å². The second-order valence-corrected chi connectivity index (χ2v) is 9.99. The van der Waals surface area contributed by atoms with Gasteiger partial charge < -0.3 is 20.9 Å². The molecule has 3 heterocycles. The highest BCUT2D eigenvalue weighted by Crippen LogP contribution is 2.32. The first kappa shape index (κ1) is 24.5. The van der Waals surface area contributed by atoms with Crippen LogP contribution in [0.1, 0.15) is 38.4 Å². The van der Waals surface area contributed by atoms with E-state index < -0.39 is 0 Å². The maximum atomic E-state index is 13.7. The molecule has 196 valence electrons. The Morgan fingerprint density at radius 1 is 0.897 bits per heavy atom. The van der Waals surface area contributed by atoms with E-state index in [1.807, 2.05) is 54.6 Å². The minimum Gasteiger partial charge on any atom is -0.368 e. The Morgan fingerprint density at radius 2 is 1.62 bits per heavy atom. The van der Waals surface area contributed by atoms with Gasteiger partial charge in [-0.2, -0.15) is 0 Å². The molecule has 3 amide bonds. The fourth-order valence-corrected chi connectivity index (χ4v) is 5.56. The minimum absolute atomic E-state index is 0.0330. The van der Waals surface area contributed by atoms with Crippen LogP contribution in [-0.4, -0.2) is 57.6 Å². The molecule has 9 heteroatoms. The molecule has 1 atom stereocenters. The number of nitrogen functional groups attached to an aromatic ring is 1. The first-order valence-electron chi connectivity index (χ1n) is 13.0. The van der Waals surface area contributed by atoms with Crippen LogP contribution < -0.4 is 11.1 Å². The van der Waals surface area contributed by atoms with Crippen molar-refractivity contribution in [3.8, 4) is 11.1 Å². The zero-order valence-electron chi connectivity index (χ0n) is 21.6. The molecule has 6 rings (SSSR count). The van der Waals surface area contributed by atoms with E-state index >= 15 is 0 Å². The molecule has 0 radical (unpaired) electrons. The van der Waals surface area contributed by atoms with Crippen molar-refractivity contribution in [3.05, 3.63) is 89.1 Å². The number of fused-ring (bicyclic) bond motifs is 2. The van der Waals surface area contributed by atoms with Gasteiger partial charge in [-0.3, -0.25) is 14.4 Å². The van der Waals surface area contributed by atoms with Gasteiger partial charge in [0.05, 0.1) is 11.4 Å². The van der Waals surface area contributed by atoms with Gasteiger partial charge in [0.25, 0.3) is 11.8 Å². The van der Waals surface area contributed by atoms with Crippen molar-refractivity contribution in [2.24, 2.45) is 5.92 Å². The van der Waals surface area contributed by atoms with Crippen molar-refractivity contribution in [1.29, 1.82) is 0 Å². The number of nitrogens with zero attached hydrogens (tertiary/aromatic N) is 4. The van der Waals surface area contributed by atoms with Crippen molar-refractivity contribution in [2.75, 3.05) is 25.9 Å². The fraction of sp³-hybridized carbons (Fsp3) is 0.233. The van der Waals surface area contributed by atoms with Crippen LogP contribution in [0, 0.1) is 5.92 Å². The van der Waals surface area contributed by atoms with Crippen LogP contribution in [0.2, 0.25) is 0 Å².